The fourth-order valence-corrected chi connectivity index (χ4v) is 6.77. The van der Waals surface area contributed by atoms with E-state index in [1.54, 1.807) is 28.8 Å². The number of nitrogens with zero attached hydrogens (tertiary/aromatic N) is 5. The van der Waals surface area contributed by atoms with Gasteiger partial charge in [-0.3, -0.25) is 24.1 Å². The molecule has 1 aliphatic carbocycles. The summed E-state index contributed by atoms with van der Waals surface area (Å²) in [6.07, 6.45) is 9.47. The van der Waals surface area contributed by atoms with Crippen LogP contribution in [0.5, 0.6) is 0 Å². The van der Waals surface area contributed by atoms with E-state index in [2.05, 4.69) is 20.6 Å². The molecular formula is C34H51N7O4. The number of aryl methyl sites for hydroxylation is 1. The number of carbonyl (C=O) groups excluding carboxylic acids is 4. The molecule has 4 rings (SSSR count). The van der Waals surface area contributed by atoms with E-state index < -0.39 is 12.1 Å². The average Bonchev–Trinajstić information content (AvgIpc) is 3.37. The van der Waals surface area contributed by atoms with Crippen LogP contribution in [0.3, 0.4) is 0 Å². The second kappa shape index (κ2) is 16.5. The molecule has 4 amide bonds. The Labute approximate surface area is 267 Å². The van der Waals surface area contributed by atoms with Crippen molar-refractivity contribution in [3.8, 4) is 0 Å². The van der Waals surface area contributed by atoms with Crippen molar-refractivity contribution in [3.05, 3.63) is 42.1 Å². The monoisotopic (exact) mass is 621 g/mol. The second-order valence-electron chi connectivity index (χ2n) is 12.4. The zero-order chi connectivity index (χ0) is 32.3. The van der Waals surface area contributed by atoms with E-state index in [9.17, 15) is 19.2 Å². The summed E-state index contributed by atoms with van der Waals surface area (Å²) in [4.78, 5) is 58.4. The third kappa shape index (κ3) is 8.51. The predicted octanol–water partition coefficient (Wildman–Crippen LogP) is 4.01. The van der Waals surface area contributed by atoms with Crippen molar-refractivity contribution in [1.82, 2.24) is 24.9 Å². The molecular weight excluding hydrogens is 570 g/mol. The molecule has 246 valence electrons. The van der Waals surface area contributed by atoms with Crippen LogP contribution >= 0.6 is 0 Å². The van der Waals surface area contributed by atoms with Gasteiger partial charge in [-0.2, -0.15) is 5.10 Å². The highest BCUT2D eigenvalue weighted by atomic mass is 16.2. The fraction of sp³-hybridized carbons (Fsp3) is 0.618. The van der Waals surface area contributed by atoms with Crippen molar-refractivity contribution in [3.63, 3.8) is 0 Å². The molecule has 1 saturated carbocycles. The first kappa shape index (κ1) is 34.1. The molecule has 2 N–H and O–H groups in total. The van der Waals surface area contributed by atoms with Gasteiger partial charge in [0.1, 0.15) is 17.9 Å². The summed E-state index contributed by atoms with van der Waals surface area (Å²) < 4.78 is 1.74. The van der Waals surface area contributed by atoms with E-state index in [4.69, 9.17) is 0 Å². The molecule has 0 spiro atoms. The molecule has 1 saturated heterocycles. The molecule has 1 aliphatic heterocycles. The number of amides is 4. The SMILES string of the molecule is CCC(=O)N[C@@H](C(=O)N1CCN(C)CC1)[C@@H](CC)c1ccc(NC(=O)[C@H](C2CCCCCC2)N(C=O)c2ccnn2CC)cc1. The van der Waals surface area contributed by atoms with Crippen LogP contribution in [0.4, 0.5) is 11.5 Å². The van der Waals surface area contributed by atoms with Crippen LogP contribution in [0.1, 0.15) is 83.6 Å². The van der Waals surface area contributed by atoms with Gasteiger partial charge in [-0.05, 0) is 56.8 Å². The number of benzene rings is 1. The highest BCUT2D eigenvalue weighted by molar-refractivity contribution is 6.00. The Kier molecular flexibility index (Phi) is 12.6. The fourth-order valence-electron chi connectivity index (χ4n) is 6.77. The van der Waals surface area contributed by atoms with E-state index >= 15 is 0 Å². The molecule has 2 aromatic rings. The molecule has 3 atom stereocenters. The summed E-state index contributed by atoms with van der Waals surface area (Å²) in [7, 11) is 2.04. The molecule has 11 heteroatoms. The molecule has 1 aromatic carbocycles. The van der Waals surface area contributed by atoms with Crippen LogP contribution in [-0.2, 0) is 25.7 Å². The van der Waals surface area contributed by atoms with Gasteiger partial charge in [0.05, 0.1) is 6.20 Å². The molecule has 45 heavy (non-hydrogen) atoms. The van der Waals surface area contributed by atoms with Crippen LogP contribution in [0.2, 0.25) is 0 Å². The number of rotatable bonds is 13. The maximum atomic E-state index is 14.0. The van der Waals surface area contributed by atoms with Crippen molar-refractivity contribution >= 4 is 35.6 Å². The molecule has 0 bridgehead atoms. The summed E-state index contributed by atoms with van der Waals surface area (Å²) in [5, 5.41) is 10.4. The number of likely N-dealkylation sites (N-methyl/N-ethyl adjacent to an activating group) is 1. The normalized spacial score (nSPS) is 18.4. The number of hydrogen-bond donors (Lipinski definition) is 2. The van der Waals surface area contributed by atoms with E-state index in [-0.39, 0.29) is 29.6 Å². The van der Waals surface area contributed by atoms with Crippen LogP contribution in [0, 0.1) is 5.92 Å². The van der Waals surface area contributed by atoms with Gasteiger partial charge in [-0.1, -0.05) is 51.7 Å². The summed E-state index contributed by atoms with van der Waals surface area (Å²) in [5.74, 6) is -0.0143. The Balaban J connectivity index is 1.56. The summed E-state index contributed by atoms with van der Waals surface area (Å²) in [6.45, 7) is 9.23. The van der Waals surface area contributed by atoms with Crippen LogP contribution in [0.25, 0.3) is 0 Å². The first-order valence-electron chi connectivity index (χ1n) is 16.7. The molecule has 2 heterocycles. The first-order chi connectivity index (χ1) is 21.8. The van der Waals surface area contributed by atoms with E-state index in [0.717, 1.165) is 63.6 Å². The van der Waals surface area contributed by atoms with Crippen molar-refractivity contribution in [1.29, 1.82) is 0 Å². The van der Waals surface area contributed by atoms with Gasteiger partial charge >= 0.3 is 0 Å². The minimum absolute atomic E-state index is 0.0326. The number of anilines is 2. The quantitative estimate of drug-likeness (QED) is 0.258. The van der Waals surface area contributed by atoms with Crippen molar-refractivity contribution in [2.75, 3.05) is 43.4 Å². The summed E-state index contributed by atoms with van der Waals surface area (Å²) >= 11 is 0. The number of hydrogen-bond acceptors (Lipinski definition) is 6. The van der Waals surface area contributed by atoms with Gasteiger partial charge in [-0.15, -0.1) is 0 Å². The number of aromatic nitrogens is 2. The van der Waals surface area contributed by atoms with Gasteiger partial charge in [0.25, 0.3) is 0 Å². The lowest BCUT2D eigenvalue weighted by molar-refractivity contribution is -0.138. The Hall–Kier alpha value is -3.73. The Bertz CT molecular complexity index is 1260. The lowest BCUT2D eigenvalue weighted by Crippen LogP contribution is -2.56. The van der Waals surface area contributed by atoms with Gasteiger partial charge < -0.3 is 20.4 Å². The zero-order valence-electron chi connectivity index (χ0n) is 27.4. The van der Waals surface area contributed by atoms with Crippen LogP contribution < -0.4 is 15.5 Å². The van der Waals surface area contributed by atoms with Gasteiger partial charge in [-0.25, -0.2) is 4.68 Å². The third-order valence-electron chi connectivity index (χ3n) is 9.45. The Morgan fingerprint density at radius 1 is 0.978 bits per heavy atom. The Morgan fingerprint density at radius 3 is 2.22 bits per heavy atom. The van der Waals surface area contributed by atoms with E-state index in [1.807, 2.05) is 50.1 Å². The molecule has 0 radical (unpaired) electrons. The highest BCUT2D eigenvalue weighted by Crippen LogP contribution is 2.32. The minimum atomic E-state index is -0.671. The van der Waals surface area contributed by atoms with Gasteiger partial charge in [0.15, 0.2) is 0 Å². The van der Waals surface area contributed by atoms with Crippen LogP contribution in [0.15, 0.2) is 36.5 Å². The van der Waals surface area contributed by atoms with Gasteiger partial charge in [0, 0.05) is 56.8 Å². The predicted molar refractivity (Wildman–Crippen MR) is 176 cm³/mol. The van der Waals surface area contributed by atoms with E-state index in [0.29, 0.717) is 44.0 Å². The number of nitrogens with one attached hydrogen (secondary N) is 2. The molecule has 2 aliphatic rings. The molecule has 11 nitrogen and oxygen atoms in total. The lowest BCUT2D eigenvalue weighted by atomic mass is 9.87. The van der Waals surface area contributed by atoms with Crippen molar-refractivity contribution in [2.45, 2.75) is 96.7 Å². The standard InChI is InChI=1S/C34H51N7O4/c1-5-28(31(37-29(43)6-2)34(45)39-22-20-38(4)21-23-39)25-14-16-27(17-15-25)36-33(44)32(26-12-10-8-9-11-13-26)40(24-42)30-18-19-35-41(30)7-3/h14-19,24,26,28,31-32H,5-13,20-23H2,1-4H3,(H,36,44)(H,37,43)/t28-,31+,32-/m0/s1. The van der Waals surface area contributed by atoms with Crippen molar-refractivity contribution < 1.29 is 19.2 Å². The topological polar surface area (TPSA) is 120 Å². The first-order valence-corrected chi connectivity index (χ1v) is 16.7. The smallest absolute Gasteiger partial charge is 0.247 e. The summed E-state index contributed by atoms with van der Waals surface area (Å²) in [5.41, 5.74) is 1.53. The third-order valence-corrected chi connectivity index (χ3v) is 9.45. The van der Waals surface area contributed by atoms with E-state index in [1.165, 1.54) is 0 Å². The van der Waals surface area contributed by atoms with Gasteiger partial charge in [0.2, 0.25) is 24.1 Å². The lowest BCUT2D eigenvalue weighted by Gasteiger charge is -2.37. The highest BCUT2D eigenvalue weighted by Gasteiger charge is 2.37. The minimum Gasteiger partial charge on any atom is -0.344 e. The zero-order valence-corrected chi connectivity index (χ0v) is 27.4. The number of piperazine rings is 1. The second-order valence-corrected chi connectivity index (χ2v) is 12.4. The maximum Gasteiger partial charge on any atom is 0.247 e. The maximum absolute atomic E-state index is 14.0. The molecule has 1 aromatic heterocycles. The van der Waals surface area contributed by atoms with Crippen molar-refractivity contribution in [2.24, 2.45) is 5.92 Å². The number of carbonyl (C=O) groups is 4. The van der Waals surface area contributed by atoms with Crippen LogP contribution in [-0.4, -0.2) is 89.0 Å². The largest absolute Gasteiger partial charge is 0.344 e. The molecule has 2 fully saturated rings. The summed E-state index contributed by atoms with van der Waals surface area (Å²) in [6, 6.07) is 8.00. The molecule has 0 unspecified atom stereocenters. The average molecular weight is 622 g/mol. The Morgan fingerprint density at radius 2 is 1.64 bits per heavy atom.